The monoisotopic (exact) mass is 438 g/mol. The molecule has 152 valence electrons. The topological polar surface area (TPSA) is 102 Å². The summed E-state index contributed by atoms with van der Waals surface area (Å²) in [5.74, 6) is -0.351. The molecule has 0 saturated carbocycles. The third-order valence-electron chi connectivity index (χ3n) is 4.31. The number of carbonyl (C=O) groups is 2. The largest absolute Gasteiger partial charge is 0.326 e. The van der Waals surface area contributed by atoms with E-state index < -0.39 is 6.04 Å². The summed E-state index contributed by atoms with van der Waals surface area (Å²) in [6, 6.07) is 8.49. The molecule has 1 aromatic carbocycles. The first kappa shape index (κ1) is 19.9. The van der Waals surface area contributed by atoms with E-state index >= 15 is 0 Å². The van der Waals surface area contributed by atoms with Crippen LogP contribution in [0.2, 0.25) is 0 Å². The van der Waals surface area contributed by atoms with Gasteiger partial charge in [-0.05, 0) is 42.6 Å². The highest BCUT2D eigenvalue weighted by molar-refractivity contribution is 7.14. The Labute approximate surface area is 180 Å². The van der Waals surface area contributed by atoms with Gasteiger partial charge in [-0.25, -0.2) is 14.6 Å². The van der Waals surface area contributed by atoms with Crippen molar-refractivity contribution in [3.05, 3.63) is 64.8 Å². The van der Waals surface area contributed by atoms with Gasteiger partial charge in [0.25, 0.3) is 0 Å². The first-order valence-electron chi connectivity index (χ1n) is 9.10. The second-order valence-corrected chi connectivity index (χ2v) is 8.14. The summed E-state index contributed by atoms with van der Waals surface area (Å²) < 4.78 is 1.48. The summed E-state index contributed by atoms with van der Waals surface area (Å²) in [5.41, 5.74) is 3.09. The maximum Gasteiger partial charge on any atom is 0.249 e. The molecule has 1 atom stereocenters. The average Bonchev–Trinajstić information content (AvgIpc) is 3.50. The third kappa shape index (κ3) is 4.78. The number of amides is 2. The van der Waals surface area contributed by atoms with E-state index in [0.29, 0.717) is 11.4 Å². The van der Waals surface area contributed by atoms with Crippen LogP contribution in [0.3, 0.4) is 0 Å². The Morgan fingerprint density at radius 2 is 1.87 bits per heavy atom. The molecular formula is C20H18N6O2S2. The molecule has 0 bridgehead atoms. The van der Waals surface area contributed by atoms with Crippen LogP contribution in [0.4, 0.5) is 11.4 Å². The normalized spacial score (nSPS) is 11.8. The molecule has 8 nitrogen and oxygen atoms in total. The molecule has 1 unspecified atom stereocenters. The van der Waals surface area contributed by atoms with E-state index in [2.05, 4.69) is 25.7 Å². The third-order valence-corrected chi connectivity index (χ3v) is 5.93. The van der Waals surface area contributed by atoms with Gasteiger partial charge in [0, 0.05) is 27.7 Å². The van der Waals surface area contributed by atoms with Gasteiger partial charge in [-0.1, -0.05) is 0 Å². The molecular weight excluding hydrogens is 420 g/mol. The number of thiophene rings is 1. The fraction of sp³-hybridized carbons (Fsp3) is 0.150. The highest BCUT2D eigenvalue weighted by Gasteiger charge is 2.15. The van der Waals surface area contributed by atoms with Crippen LogP contribution in [0.5, 0.6) is 0 Å². The van der Waals surface area contributed by atoms with E-state index in [1.54, 1.807) is 42.5 Å². The number of aromatic nitrogens is 4. The van der Waals surface area contributed by atoms with Crippen molar-refractivity contribution in [1.82, 2.24) is 19.7 Å². The van der Waals surface area contributed by atoms with Gasteiger partial charge < -0.3 is 10.6 Å². The van der Waals surface area contributed by atoms with Crippen molar-refractivity contribution in [2.24, 2.45) is 0 Å². The number of nitrogens with zero attached hydrogens (tertiary/aromatic N) is 4. The molecule has 0 saturated heterocycles. The van der Waals surface area contributed by atoms with Crippen LogP contribution >= 0.6 is 22.7 Å². The lowest BCUT2D eigenvalue weighted by atomic mass is 10.2. The van der Waals surface area contributed by atoms with E-state index in [1.807, 2.05) is 22.2 Å². The molecule has 2 amide bonds. The molecule has 4 aromatic rings. The predicted octanol–water partition coefficient (Wildman–Crippen LogP) is 3.84. The molecule has 30 heavy (non-hydrogen) atoms. The molecule has 0 aliphatic rings. The Balaban J connectivity index is 1.31. The number of rotatable bonds is 7. The Kier molecular flexibility index (Phi) is 5.96. The first-order chi connectivity index (χ1) is 14.6. The van der Waals surface area contributed by atoms with E-state index in [-0.39, 0.29) is 18.2 Å². The van der Waals surface area contributed by atoms with Gasteiger partial charge in [0.1, 0.15) is 23.7 Å². The maximum atomic E-state index is 12.3. The van der Waals surface area contributed by atoms with Crippen LogP contribution in [0, 0.1) is 0 Å². The van der Waals surface area contributed by atoms with Crippen LogP contribution in [0.25, 0.3) is 10.6 Å². The predicted molar refractivity (Wildman–Crippen MR) is 118 cm³/mol. The van der Waals surface area contributed by atoms with E-state index in [1.165, 1.54) is 28.7 Å². The summed E-state index contributed by atoms with van der Waals surface area (Å²) in [5, 5.41) is 16.5. The minimum absolute atomic E-state index is 0.145. The lowest BCUT2D eigenvalue weighted by molar-refractivity contribution is -0.119. The standard InChI is InChI=1S/C20H18N6O2S2/c1-13(26-12-21-11-22-26)19(28)24-16-4-2-15(3-5-16)23-18(27)8-17-10-30-20(25-17)14-6-7-29-9-14/h2-7,9-13H,8H2,1H3,(H,23,27)(H,24,28). The van der Waals surface area contributed by atoms with Gasteiger partial charge in [-0.2, -0.15) is 16.4 Å². The zero-order valence-corrected chi connectivity index (χ0v) is 17.6. The average molecular weight is 439 g/mol. The fourth-order valence-corrected chi connectivity index (χ4v) is 4.23. The molecule has 3 heterocycles. The SMILES string of the molecule is CC(C(=O)Nc1ccc(NC(=O)Cc2csc(-c3ccsc3)n2)cc1)n1cncn1. The summed E-state index contributed by atoms with van der Waals surface area (Å²) in [6.07, 6.45) is 3.08. The Hall–Kier alpha value is -3.37. The summed E-state index contributed by atoms with van der Waals surface area (Å²) in [6.45, 7) is 1.74. The first-order valence-corrected chi connectivity index (χ1v) is 10.9. The van der Waals surface area contributed by atoms with Crippen LogP contribution in [-0.2, 0) is 16.0 Å². The zero-order chi connectivity index (χ0) is 20.9. The van der Waals surface area contributed by atoms with E-state index in [9.17, 15) is 9.59 Å². The summed E-state index contributed by atoms with van der Waals surface area (Å²) >= 11 is 3.15. The fourth-order valence-electron chi connectivity index (χ4n) is 2.70. The molecule has 0 spiro atoms. The zero-order valence-electron chi connectivity index (χ0n) is 16.0. The van der Waals surface area contributed by atoms with Crippen molar-refractivity contribution in [1.29, 1.82) is 0 Å². The Morgan fingerprint density at radius 1 is 1.10 bits per heavy atom. The Morgan fingerprint density at radius 3 is 2.53 bits per heavy atom. The van der Waals surface area contributed by atoms with Gasteiger partial charge in [-0.15, -0.1) is 11.3 Å². The van der Waals surface area contributed by atoms with Crippen LogP contribution < -0.4 is 10.6 Å². The van der Waals surface area contributed by atoms with Crippen molar-refractivity contribution in [3.63, 3.8) is 0 Å². The second kappa shape index (κ2) is 8.97. The molecule has 3 aromatic heterocycles. The van der Waals surface area contributed by atoms with Gasteiger partial charge in [-0.3, -0.25) is 9.59 Å². The highest BCUT2D eigenvalue weighted by atomic mass is 32.1. The molecule has 10 heteroatoms. The van der Waals surface area contributed by atoms with Crippen LogP contribution in [0.15, 0.2) is 59.1 Å². The number of thiazole rings is 1. The number of carbonyl (C=O) groups excluding carboxylic acids is 2. The van der Waals surface area contributed by atoms with Gasteiger partial charge in [0.2, 0.25) is 11.8 Å². The lowest BCUT2D eigenvalue weighted by Gasteiger charge is -2.12. The molecule has 0 aliphatic carbocycles. The van der Waals surface area contributed by atoms with Crippen LogP contribution in [-0.4, -0.2) is 31.6 Å². The number of benzene rings is 1. The van der Waals surface area contributed by atoms with Crippen molar-refractivity contribution in [2.75, 3.05) is 10.6 Å². The summed E-state index contributed by atoms with van der Waals surface area (Å²) in [4.78, 5) is 33.0. The smallest absolute Gasteiger partial charge is 0.249 e. The number of hydrogen-bond acceptors (Lipinski definition) is 7. The minimum atomic E-state index is -0.482. The minimum Gasteiger partial charge on any atom is -0.326 e. The second-order valence-electron chi connectivity index (χ2n) is 6.50. The number of anilines is 2. The van der Waals surface area contributed by atoms with Crippen molar-refractivity contribution < 1.29 is 9.59 Å². The number of nitrogens with one attached hydrogen (secondary N) is 2. The number of hydrogen-bond donors (Lipinski definition) is 2. The van der Waals surface area contributed by atoms with E-state index in [0.717, 1.165) is 16.3 Å². The van der Waals surface area contributed by atoms with Crippen LogP contribution in [0.1, 0.15) is 18.7 Å². The van der Waals surface area contributed by atoms with Crippen molar-refractivity contribution >= 4 is 45.9 Å². The molecule has 0 radical (unpaired) electrons. The van der Waals surface area contributed by atoms with Gasteiger partial charge in [0.15, 0.2) is 0 Å². The molecule has 0 fully saturated rings. The molecule has 4 rings (SSSR count). The van der Waals surface area contributed by atoms with Crippen molar-refractivity contribution in [3.8, 4) is 10.6 Å². The van der Waals surface area contributed by atoms with E-state index in [4.69, 9.17) is 0 Å². The molecule has 0 aliphatic heterocycles. The van der Waals surface area contributed by atoms with Crippen molar-refractivity contribution in [2.45, 2.75) is 19.4 Å². The quantitative estimate of drug-likeness (QED) is 0.456. The maximum absolute atomic E-state index is 12.3. The lowest BCUT2D eigenvalue weighted by Crippen LogP contribution is -2.24. The molecule has 2 N–H and O–H groups in total. The van der Waals surface area contributed by atoms with Gasteiger partial charge >= 0.3 is 0 Å². The van der Waals surface area contributed by atoms with Gasteiger partial charge in [0.05, 0.1) is 12.1 Å². The highest BCUT2D eigenvalue weighted by Crippen LogP contribution is 2.26. The summed E-state index contributed by atoms with van der Waals surface area (Å²) in [7, 11) is 0. The Bertz CT molecular complexity index is 1120.